The Balaban J connectivity index is 2.69. The Morgan fingerprint density at radius 3 is 3.08 bits per heavy atom. The van der Waals surface area contributed by atoms with Crippen LogP contribution in [0.5, 0.6) is 0 Å². The summed E-state index contributed by atoms with van der Waals surface area (Å²) < 4.78 is 0.960. The highest BCUT2D eigenvalue weighted by Gasteiger charge is 2.03. The molecule has 1 unspecified atom stereocenters. The van der Waals surface area contributed by atoms with Crippen LogP contribution in [-0.2, 0) is 0 Å². The Morgan fingerprint density at radius 1 is 1.75 bits per heavy atom. The molecule has 1 N–H and O–H groups in total. The van der Waals surface area contributed by atoms with E-state index in [4.69, 9.17) is 11.6 Å². The molecule has 0 amide bonds. The number of hydrogen-bond acceptors (Lipinski definition) is 2. The van der Waals surface area contributed by atoms with Crippen molar-refractivity contribution in [2.24, 2.45) is 0 Å². The molecule has 0 aliphatic carbocycles. The summed E-state index contributed by atoms with van der Waals surface area (Å²) in [5.41, 5.74) is 0. The van der Waals surface area contributed by atoms with Crippen LogP contribution in [0, 0.1) is 0 Å². The van der Waals surface area contributed by atoms with E-state index in [0.29, 0.717) is 5.88 Å². The number of nitrogens with zero attached hydrogens (tertiary/aromatic N) is 1. The van der Waals surface area contributed by atoms with Crippen molar-refractivity contribution in [3.8, 4) is 0 Å². The Morgan fingerprint density at radius 2 is 2.50 bits per heavy atom. The summed E-state index contributed by atoms with van der Waals surface area (Å²) >= 11 is 9.03. The average molecular weight is 250 g/mol. The lowest BCUT2D eigenvalue weighted by molar-refractivity contribution is 0.895. The second kappa shape index (κ2) is 4.67. The number of aromatic nitrogens is 1. The van der Waals surface area contributed by atoms with Gasteiger partial charge in [0.05, 0.1) is 4.47 Å². The van der Waals surface area contributed by atoms with Crippen molar-refractivity contribution < 1.29 is 0 Å². The molecule has 2 nitrogen and oxygen atoms in total. The van der Waals surface area contributed by atoms with Crippen molar-refractivity contribution in [2.45, 2.75) is 13.0 Å². The van der Waals surface area contributed by atoms with Crippen LogP contribution in [0.25, 0.3) is 0 Å². The molecule has 0 fully saturated rings. The van der Waals surface area contributed by atoms with Gasteiger partial charge in [0, 0.05) is 18.1 Å². The number of halogens is 2. The van der Waals surface area contributed by atoms with Crippen LogP contribution in [0.15, 0.2) is 22.8 Å². The van der Waals surface area contributed by atoms with E-state index in [1.54, 1.807) is 6.20 Å². The minimum Gasteiger partial charge on any atom is -0.365 e. The zero-order valence-corrected chi connectivity index (χ0v) is 9.06. The van der Waals surface area contributed by atoms with Gasteiger partial charge in [0.25, 0.3) is 0 Å². The molecule has 0 aliphatic rings. The van der Waals surface area contributed by atoms with E-state index in [9.17, 15) is 0 Å². The highest BCUT2D eigenvalue weighted by atomic mass is 79.9. The first-order valence-corrected chi connectivity index (χ1v) is 5.00. The van der Waals surface area contributed by atoms with Crippen LogP contribution >= 0.6 is 27.5 Å². The van der Waals surface area contributed by atoms with Crippen LogP contribution < -0.4 is 5.32 Å². The van der Waals surface area contributed by atoms with Crippen LogP contribution in [0.4, 0.5) is 5.82 Å². The predicted octanol–water partition coefficient (Wildman–Crippen LogP) is 2.88. The third-order valence-electron chi connectivity index (χ3n) is 1.37. The molecule has 66 valence electrons. The molecule has 0 aliphatic heterocycles. The van der Waals surface area contributed by atoms with Crippen molar-refractivity contribution in [3.05, 3.63) is 22.8 Å². The molecule has 1 atom stereocenters. The molecule has 0 aromatic carbocycles. The molecule has 1 aromatic heterocycles. The molecule has 1 heterocycles. The number of anilines is 1. The van der Waals surface area contributed by atoms with Gasteiger partial charge >= 0.3 is 0 Å². The fourth-order valence-corrected chi connectivity index (χ4v) is 1.21. The quantitative estimate of drug-likeness (QED) is 0.833. The number of nitrogens with one attached hydrogen (secondary N) is 1. The Hall–Kier alpha value is -0.280. The minimum absolute atomic E-state index is 0.234. The third-order valence-corrected chi connectivity index (χ3v) is 2.48. The predicted molar refractivity (Wildman–Crippen MR) is 55.7 cm³/mol. The molecular formula is C8H10BrClN2. The van der Waals surface area contributed by atoms with Crippen LogP contribution in [0.1, 0.15) is 6.92 Å². The highest BCUT2D eigenvalue weighted by Crippen LogP contribution is 2.18. The smallest absolute Gasteiger partial charge is 0.140 e. The monoisotopic (exact) mass is 248 g/mol. The van der Waals surface area contributed by atoms with Crippen LogP contribution in [0.3, 0.4) is 0 Å². The zero-order chi connectivity index (χ0) is 8.97. The largest absolute Gasteiger partial charge is 0.365 e. The molecule has 1 rings (SSSR count). The number of rotatable bonds is 3. The van der Waals surface area contributed by atoms with Gasteiger partial charge in [0.1, 0.15) is 5.82 Å². The van der Waals surface area contributed by atoms with E-state index in [-0.39, 0.29) is 6.04 Å². The maximum atomic E-state index is 5.65. The molecular weight excluding hydrogens is 239 g/mol. The first-order chi connectivity index (χ1) is 5.74. The molecule has 0 saturated heterocycles. The Labute approximate surface area is 85.5 Å². The zero-order valence-electron chi connectivity index (χ0n) is 6.72. The van der Waals surface area contributed by atoms with E-state index in [1.807, 2.05) is 19.1 Å². The number of pyridine rings is 1. The first-order valence-electron chi connectivity index (χ1n) is 3.67. The lowest BCUT2D eigenvalue weighted by Crippen LogP contribution is -2.17. The molecule has 12 heavy (non-hydrogen) atoms. The number of hydrogen-bond donors (Lipinski definition) is 1. The van der Waals surface area contributed by atoms with E-state index in [0.717, 1.165) is 10.3 Å². The van der Waals surface area contributed by atoms with Gasteiger partial charge < -0.3 is 5.32 Å². The third kappa shape index (κ3) is 2.64. The minimum atomic E-state index is 0.234. The second-order valence-electron chi connectivity index (χ2n) is 2.53. The van der Waals surface area contributed by atoms with E-state index >= 15 is 0 Å². The average Bonchev–Trinajstić information content (AvgIpc) is 2.09. The summed E-state index contributed by atoms with van der Waals surface area (Å²) in [6.45, 7) is 2.01. The van der Waals surface area contributed by atoms with Gasteiger partial charge in [-0.05, 0) is 35.0 Å². The lowest BCUT2D eigenvalue weighted by Gasteiger charge is -2.11. The summed E-state index contributed by atoms with van der Waals surface area (Å²) in [5.74, 6) is 1.41. The topological polar surface area (TPSA) is 24.9 Å². The van der Waals surface area contributed by atoms with Gasteiger partial charge in [-0.1, -0.05) is 0 Å². The molecule has 0 bridgehead atoms. The van der Waals surface area contributed by atoms with Crippen molar-refractivity contribution in [1.29, 1.82) is 0 Å². The standard InChI is InChI=1S/C8H10BrClN2/c1-6(5-10)12-8-7(9)3-2-4-11-8/h2-4,6H,5H2,1H3,(H,11,12). The van der Waals surface area contributed by atoms with Gasteiger partial charge in [-0.2, -0.15) is 0 Å². The van der Waals surface area contributed by atoms with Gasteiger partial charge in [-0.15, -0.1) is 11.6 Å². The van der Waals surface area contributed by atoms with Crippen molar-refractivity contribution in [2.75, 3.05) is 11.2 Å². The molecule has 0 spiro atoms. The van der Waals surface area contributed by atoms with Crippen molar-refractivity contribution in [1.82, 2.24) is 4.98 Å². The maximum absolute atomic E-state index is 5.65. The molecule has 4 heteroatoms. The summed E-state index contributed by atoms with van der Waals surface area (Å²) in [4.78, 5) is 4.15. The van der Waals surface area contributed by atoms with E-state index < -0.39 is 0 Å². The van der Waals surface area contributed by atoms with E-state index in [2.05, 4.69) is 26.2 Å². The summed E-state index contributed by atoms with van der Waals surface area (Å²) in [6, 6.07) is 4.05. The normalized spacial score (nSPS) is 12.6. The highest BCUT2D eigenvalue weighted by molar-refractivity contribution is 9.10. The first kappa shape index (κ1) is 9.81. The van der Waals surface area contributed by atoms with Crippen LogP contribution in [-0.4, -0.2) is 16.9 Å². The molecule has 0 radical (unpaired) electrons. The van der Waals surface area contributed by atoms with Crippen molar-refractivity contribution in [3.63, 3.8) is 0 Å². The lowest BCUT2D eigenvalue weighted by atomic mass is 10.4. The van der Waals surface area contributed by atoms with E-state index in [1.165, 1.54) is 0 Å². The molecule has 0 saturated carbocycles. The summed E-state index contributed by atoms with van der Waals surface area (Å²) in [7, 11) is 0. The van der Waals surface area contributed by atoms with Gasteiger partial charge in [-0.3, -0.25) is 0 Å². The van der Waals surface area contributed by atoms with Crippen LogP contribution in [0.2, 0.25) is 0 Å². The summed E-state index contributed by atoms with van der Waals surface area (Å²) in [6.07, 6.45) is 1.74. The maximum Gasteiger partial charge on any atom is 0.140 e. The fraction of sp³-hybridized carbons (Fsp3) is 0.375. The summed E-state index contributed by atoms with van der Waals surface area (Å²) in [5, 5.41) is 3.17. The van der Waals surface area contributed by atoms with Gasteiger partial charge in [-0.25, -0.2) is 4.98 Å². The number of alkyl halides is 1. The Kier molecular flexibility index (Phi) is 3.82. The fourth-order valence-electron chi connectivity index (χ4n) is 0.764. The van der Waals surface area contributed by atoms with Gasteiger partial charge in [0.2, 0.25) is 0 Å². The second-order valence-corrected chi connectivity index (χ2v) is 3.70. The SMILES string of the molecule is CC(CCl)Nc1ncccc1Br. The van der Waals surface area contributed by atoms with Crippen molar-refractivity contribution >= 4 is 33.3 Å². The molecule has 1 aromatic rings. The van der Waals surface area contributed by atoms with Gasteiger partial charge in [0.15, 0.2) is 0 Å². The Bertz CT molecular complexity index is 255.